The molecule has 1 nitrogen and oxygen atoms in total. The van der Waals surface area contributed by atoms with Crippen LogP contribution >= 0.6 is 0 Å². The summed E-state index contributed by atoms with van der Waals surface area (Å²) in [5.74, 6) is 1.16. The first-order valence-corrected chi connectivity index (χ1v) is 8.35. The Labute approximate surface area is 105 Å². The molecular formula is C14H30OSi. The molecule has 2 heteroatoms. The molecule has 0 aromatic heterocycles. The molecule has 0 atom stereocenters. The lowest BCUT2D eigenvalue weighted by molar-refractivity contribution is 0.443. The minimum atomic E-state index is -0.320. The van der Waals surface area contributed by atoms with Crippen molar-refractivity contribution in [3.05, 3.63) is 11.8 Å². The summed E-state index contributed by atoms with van der Waals surface area (Å²) in [7, 11) is -0.320. The van der Waals surface area contributed by atoms with E-state index in [9.17, 15) is 0 Å². The summed E-state index contributed by atoms with van der Waals surface area (Å²) in [5.41, 5.74) is 0.761. The molecule has 0 aromatic rings. The molecule has 0 N–H and O–H groups in total. The van der Waals surface area contributed by atoms with Gasteiger partial charge in [0, 0.05) is 0 Å². The highest BCUT2D eigenvalue weighted by atomic mass is 28.2. The highest BCUT2D eigenvalue weighted by molar-refractivity contribution is 6.29. The van der Waals surface area contributed by atoms with Crippen molar-refractivity contribution in [2.45, 2.75) is 78.2 Å². The average molecular weight is 242 g/mol. The van der Waals surface area contributed by atoms with E-state index in [1.807, 2.05) is 0 Å². The van der Waals surface area contributed by atoms with Gasteiger partial charge in [-0.25, -0.2) is 0 Å². The molecular weight excluding hydrogens is 212 g/mol. The molecule has 0 fully saturated rings. The third kappa shape index (κ3) is 11.8. The first kappa shape index (κ1) is 15.8. The minimum Gasteiger partial charge on any atom is -0.553 e. The number of hydrogen-bond donors (Lipinski definition) is 0. The van der Waals surface area contributed by atoms with E-state index < -0.39 is 0 Å². The zero-order chi connectivity index (χ0) is 12.2. The number of allylic oxidation sites excluding steroid dienone is 2. The molecule has 0 aliphatic rings. The number of rotatable bonds is 10. The van der Waals surface area contributed by atoms with Crippen LogP contribution in [0.5, 0.6) is 0 Å². The van der Waals surface area contributed by atoms with Crippen LogP contribution in [0.1, 0.15) is 72.6 Å². The summed E-state index contributed by atoms with van der Waals surface area (Å²) in [6.07, 6.45) is 11.7. The van der Waals surface area contributed by atoms with Crippen molar-refractivity contribution >= 4 is 9.76 Å². The second-order valence-electron chi connectivity index (χ2n) is 5.08. The Bertz CT molecular complexity index is 176. The van der Waals surface area contributed by atoms with Gasteiger partial charge in [-0.1, -0.05) is 52.9 Å². The van der Waals surface area contributed by atoms with E-state index >= 15 is 0 Å². The number of hydrogen-bond acceptors (Lipinski definition) is 1. The molecule has 0 bridgehead atoms. The Hall–Kier alpha value is -0.243. The van der Waals surface area contributed by atoms with E-state index in [0.717, 1.165) is 11.3 Å². The number of unbranched alkanes of at least 4 members (excludes halogenated alkanes) is 6. The van der Waals surface area contributed by atoms with Gasteiger partial charge in [0.2, 0.25) is 9.76 Å². The van der Waals surface area contributed by atoms with Gasteiger partial charge in [0.15, 0.2) is 0 Å². The molecule has 0 spiro atoms. The second-order valence-corrected chi connectivity index (χ2v) is 7.33. The van der Waals surface area contributed by atoms with Crippen LogP contribution in [-0.4, -0.2) is 9.76 Å². The van der Waals surface area contributed by atoms with Crippen molar-refractivity contribution in [3.8, 4) is 0 Å². The summed E-state index contributed by atoms with van der Waals surface area (Å²) in [5, 5.41) is 0. The van der Waals surface area contributed by atoms with Crippen LogP contribution in [0.2, 0.25) is 5.54 Å². The fraction of sp³-hybridized carbons (Fsp3) is 0.857. The second kappa shape index (κ2) is 11.2. The summed E-state index contributed by atoms with van der Waals surface area (Å²) in [6.45, 7) is 8.86. The molecule has 0 saturated carbocycles. The standard InChI is InChI=1S/C14H30OSi/c1-5-6-7-8-9-10-11-12-14(4)15-16-13(2)3/h12-13H,5-11,16H2,1-4H3. The topological polar surface area (TPSA) is 9.23 Å². The Morgan fingerprint density at radius 3 is 2.38 bits per heavy atom. The van der Waals surface area contributed by atoms with Crippen molar-refractivity contribution in [1.29, 1.82) is 0 Å². The van der Waals surface area contributed by atoms with E-state index in [-0.39, 0.29) is 9.76 Å². The van der Waals surface area contributed by atoms with E-state index in [1.54, 1.807) is 0 Å². The van der Waals surface area contributed by atoms with Crippen LogP contribution in [-0.2, 0) is 4.43 Å². The van der Waals surface area contributed by atoms with E-state index in [2.05, 4.69) is 33.8 Å². The predicted molar refractivity (Wildman–Crippen MR) is 76.5 cm³/mol. The van der Waals surface area contributed by atoms with Crippen LogP contribution in [0.3, 0.4) is 0 Å². The first-order chi connectivity index (χ1) is 7.66. The maximum atomic E-state index is 5.75. The Morgan fingerprint density at radius 2 is 1.75 bits per heavy atom. The van der Waals surface area contributed by atoms with Crippen LogP contribution < -0.4 is 0 Å². The summed E-state index contributed by atoms with van der Waals surface area (Å²) in [4.78, 5) is 0. The van der Waals surface area contributed by atoms with Crippen molar-refractivity contribution < 1.29 is 4.43 Å². The zero-order valence-corrected chi connectivity index (χ0v) is 13.1. The van der Waals surface area contributed by atoms with E-state index in [0.29, 0.717) is 0 Å². The van der Waals surface area contributed by atoms with Gasteiger partial charge < -0.3 is 4.43 Å². The molecule has 0 saturated heterocycles. The quantitative estimate of drug-likeness (QED) is 0.310. The SMILES string of the molecule is CCCCCCCCC=C(C)O[SiH2]C(C)C. The molecule has 0 aliphatic carbocycles. The van der Waals surface area contributed by atoms with Gasteiger partial charge in [-0.15, -0.1) is 0 Å². The van der Waals surface area contributed by atoms with Crippen LogP contribution in [0.15, 0.2) is 11.8 Å². The van der Waals surface area contributed by atoms with Gasteiger partial charge in [-0.3, -0.25) is 0 Å². The predicted octanol–water partition coefficient (Wildman–Crippen LogP) is 4.57. The van der Waals surface area contributed by atoms with Crippen LogP contribution in [0.4, 0.5) is 0 Å². The molecule has 0 heterocycles. The summed E-state index contributed by atoms with van der Waals surface area (Å²) >= 11 is 0. The fourth-order valence-electron chi connectivity index (χ4n) is 1.59. The zero-order valence-electron chi connectivity index (χ0n) is 11.7. The normalized spacial score (nSPS) is 12.9. The molecule has 0 amide bonds. The highest BCUT2D eigenvalue weighted by Crippen LogP contribution is 2.09. The maximum Gasteiger partial charge on any atom is 0.221 e. The third-order valence-electron chi connectivity index (χ3n) is 2.63. The molecule has 0 aromatic carbocycles. The van der Waals surface area contributed by atoms with Gasteiger partial charge in [0.25, 0.3) is 0 Å². The van der Waals surface area contributed by atoms with Crippen molar-refractivity contribution in [2.75, 3.05) is 0 Å². The first-order valence-electron chi connectivity index (χ1n) is 6.96. The maximum absolute atomic E-state index is 5.75. The largest absolute Gasteiger partial charge is 0.553 e. The molecule has 16 heavy (non-hydrogen) atoms. The highest BCUT2D eigenvalue weighted by Gasteiger charge is 1.96. The molecule has 0 rings (SSSR count). The average Bonchev–Trinajstić information content (AvgIpc) is 2.25. The van der Waals surface area contributed by atoms with Crippen molar-refractivity contribution in [2.24, 2.45) is 0 Å². The van der Waals surface area contributed by atoms with Gasteiger partial charge in [-0.05, 0) is 31.4 Å². The fourth-order valence-corrected chi connectivity index (χ4v) is 2.30. The van der Waals surface area contributed by atoms with Crippen LogP contribution in [0.25, 0.3) is 0 Å². The minimum absolute atomic E-state index is 0.320. The lowest BCUT2D eigenvalue weighted by Gasteiger charge is -2.08. The lowest BCUT2D eigenvalue weighted by Crippen LogP contribution is -2.00. The molecule has 96 valence electrons. The van der Waals surface area contributed by atoms with Gasteiger partial charge in [0.1, 0.15) is 0 Å². The monoisotopic (exact) mass is 242 g/mol. The lowest BCUT2D eigenvalue weighted by atomic mass is 10.1. The Morgan fingerprint density at radius 1 is 1.12 bits per heavy atom. The van der Waals surface area contributed by atoms with Gasteiger partial charge in [-0.2, -0.15) is 0 Å². The van der Waals surface area contributed by atoms with Gasteiger partial charge in [0.05, 0.1) is 5.76 Å². The van der Waals surface area contributed by atoms with Crippen molar-refractivity contribution in [1.82, 2.24) is 0 Å². The smallest absolute Gasteiger partial charge is 0.221 e. The molecule has 0 radical (unpaired) electrons. The van der Waals surface area contributed by atoms with Crippen molar-refractivity contribution in [3.63, 3.8) is 0 Å². The van der Waals surface area contributed by atoms with E-state index in [4.69, 9.17) is 4.43 Å². The van der Waals surface area contributed by atoms with Crippen LogP contribution in [0, 0.1) is 0 Å². The summed E-state index contributed by atoms with van der Waals surface area (Å²) in [6, 6.07) is 0. The van der Waals surface area contributed by atoms with E-state index in [1.165, 1.54) is 44.9 Å². The third-order valence-corrected chi connectivity index (χ3v) is 3.92. The molecule has 0 unspecified atom stereocenters. The Kier molecular flexibility index (Phi) is 11.1. The Balaban J connectivity index is 3.30. The summed E-state index contributed by atoms with van der Waals surface area (Å²) < 4.78 is 5.75. The van der Waals surface area contributed by atoms with Gasteiger partial charge >= 0.3 is 0 Å². The molecule has 0 aliphatic heterocycles.